The molecule has 4 atom stereocenters. The molecule has 7 heteroatoms. The predicted octanol–water partition coefficient (Wildman–Crippen LogP) is 1.91. The molecule has 7 nitrogen and oxygen atoms in total. The van der Waals surface area contributed by atoms with Crippen molar-refractivity contribution in [2.75, 3.05) is 11.4 Å². The Labute approximate surface area is 164 Å². The van der Waals surface area contributed by atoms with Gasteiger partial charge in [0.15, 0.2) is 0 Å². The molecule has 2 N–H and O–H groups in total. The summed E-state index contributed by atoms with van der Waals surface area (Å²) in [5, 5.41) is 5.63. The Bertz CT molecular complexity index is 871. The van der Waals surface area contributed by atoms with Crippen LogP contribution in [0.2, 0.25) is 0 Å². The van der Waals surface area contributed by atoms with Gasteiger partial charge in [0.25, 0.3) is 0 Å². The summed E-state index contributed by atoms with van der Waals surface area (Å²) in [5.41, 5.74) is 0.258. The van der Waals surface area contributed by atoms with Crippen LogP contribution in [0.4, 0.5) is 10.5 Å². The van der Waals surface area contributed by atoms with E-state index >= 15 is 0 Å². The van der Waals surface area contributed by atoms with E-state index in [9.17, 15) is 14.4 Å². The van der Waals surface area contributed by atoms with E-state index in [4.69, 9.17) is 4.74 Å². The number of rotatable bonds is 3. The fraction of sp³-hybridized carbons (Fsp3) is 0.476. The van der Waals surface area contributed by atoms with Crippen molar-refractivity contribution in [1.82, 2.24) is 10.6 Å². The molecule has 2 fully saturated rings. The minimum absolute atomic E-state index is 0.129. The molecular formula is C21H25N3O4. The Hall–Kier alpha value is -2.67. The van der Waals surface area contributed by atoms with Crippen molar-refractivity contribution < 1.29 is 19.1 Å². The standard InChI is InChI=1S/C21H25N3O4/c1-12-5-7-13(8-6-12)24-17(25)15-14-9-10-21(28-14,16(15)18(24)26)11-22-19(27)23-20(2,3)4/h5-10,14-16H,11H2,1-4H3,(H2,22,23,27)/t14-,15-,16+,21+/m0/s1. The van der Waals surface area contributed by atoms with Crippen molar-refractivity contribution in [1.29, 1.82) is 0 Å². The minimum atomic E-state index is -0.989. The Morgan fingerprint density at radius 1 is 1.18 bits per heavy atom. The minimum Gasteiger partial charge on any atom is -0.360 e. The number of imide groups is 1. The third-order valence-electron chi connectivity index (χ3n) is 5.46. The van der Waals surface area contributed by atoms with E-state index in [1.165, 1.54) is 4.90 Å². The van der Waals surface area contributed by atoms with Crippen LogP contribution in [-0.2, 0) is 14.3 Å². The molecule has 0 aromatic heterocycles. The number of hydrogen-bond acceptors (Lipinski definition) is 4. The van der Waals surface area contributed by atoms with Crippen LogP contribution in [0.15, 0.2) is 36.4 Å². The number of hydrogen-bond donors (Lipinski definition) is 2. The van der Waals surface area contributed by atoms with E-state index in [0.29, 0.717) is 5.69 Å². The second-order valence-electron chi connectivity index (χ2n) is 8.81. The Balaban J connectivity index is 1.56. The van der Waals surface area contributed by atoms with Crippen LogP contribution in [0.1, 0.15) is 26.3 Å². The van der Waals surface area contributed by atoms with Gasteiger partial charge in [-0.25, -0.2) is 9.69 Å². The lowest BCUT2D eigenvalue weighted by Gasteiger charge is -2.30. The smallest absolute Gasteiger partial charge is 0.315 e. The van der Waals surface area contributed by atoms with Gasteiger partial charge >= 0.3 is 6.03 Å². The average molecular weight is 383 g/mol. The van der Waals surface area contributed by atoms with Gasteiger partial charge < -0.3 is 15.4 Å². The highest BCUT2D eigenvalue weighted by Crippen LogP contribution is 2.52. The van der Waals surface area contributed by atoms with Gasteiger partial charge in [-0.2, -0.15) is 0 Å². The molecule has 1 aromatic rings. The SMILES string of the molecule is Cc1ccc(N2C(=O)[C@H]3[C@@H]4C=C[C@](CNC(=O)NC(C)(C)C)(O4)[C@H]3C2=O)cc1. The van der Waals surface area contributed by atoms with Gasteiger partial charge in [0.1, 0.15) is 5.60 Å². The van der Waals surface area contributed by atoms with Gasteiger partial charge in [-0.1, -0.05) is 29.8 Å². The van der Waals surface area contributed by atoms with Gasteiger partial charge in [-0.3, -0.25) is 9.59 Å². The zero-order chi connectivity index (χ0) is 20.3. The molecule has 3 aliphatic rings. The number of carbonyl (C=O) groups excluding carboxylic acids is 3. The summed E-state index contributed by atoms with van der Waals surface area (Å²) in [7, 11) is 0. The summed E-state index contributed by atoms with van der Waals surface area (Å²) in [5.74, 6) is -1.70. The summed E-state index contributed by atoms with van der Waals surface area (Å²) >= 11 is 0. The second-order valence-corrected chi connectivity index (χ2v) is 8.81. The second kappa shape index (κ2) is 6.17. The number of urea groups is 1. The Kier molecular flexibility index (Phi) is 4.12. The zero-order valence-corrected chi connectivity index (χ0v) is 16.5. The summed E-state index contributed by atoms with van der Waals surface area (Å²) in [4.78, 5) is 39.7. The van der Waals surface area contributed by atoms with Crippen LogP contribution in [0.25, 0.3) is 0 Å². The lowest BCUT2D eigenvalue weighted by molar-refractivity contribution is -0.126. The molecule has 148 valence electrons. The zero-order valence-electron chi connectivity index (χ0n) is 16.5. The van der Waals surface area contributed by atoms with E-state index in [1.54, 1.807) is 12.1 Å². The first-order valence-corrected chi connectivity index (χ1v) is 9.49. The van der Waals surface area contributed by atoms with E-state index in [1.807, 2.05) is 52.0 Å². The van der Waals surface area contributed by atoms with Gasteiger partial charge in [-0.05, 0) is 39.8 Å². The Morgan fingerprint density at radius 2 is 1.86 bits per heavy atom. The fourth-order valence-corrected chi connectivity index (χ4v) is 4.26. The van der Waals surface area contributed by atoms with Crippen LogP contribution in [0, 0.1) is 18.8 Å². The van der Waals surface area contributed by atoms with Crippen molar-refractivity contribution in [2.45, 2.75) is 44.9 Å². The summed E-state index contributed by atoms with van der Waals surface area (Å²) < 4.78 is 6.03. The topological polar surface area (TPSA) is 87.7 Å². The number of ether oxygens (including phenoxy) is 1. The normalized spacial score (nSPS) is 30.7. The quantitative estimate of drug-likeness (QED) is 0.617. The summed E-state index contributed by atoms with van der Waals surface area (Å²) in [6, 6.07) is 6.98. The molecule has 2 bridgehead atoms. The Morgan fingerprint density at radius 3 is 2.50 bits per heavy atom. The molecule has 0 radical (unpaired) electrons. The molecule has 3 heterocycles. The first-order valence-electron chi connectivity index (χ1n) is 9.49. The fourth-order valence-electron chi connectivity index (χ4n) is 4.26. The maximum atomic E-state index is 13.2. The van der Waals surface area contributed by atoms with E-state index in [-0.39, 0.29) is 29.9 Å². The van der Waals surface area contributed by atoms with Gasteiger partial charge in [-0.15, -0.1) is 0 Å². The summed E-state index contributed by atoms with van der Waals surface area (Å²) in [6.07, 6.45) is 3.21. The average Bonchev–Trinajstić information content (AvgIpc) is 3.24. The largest absolute Gasteiger partial charge is 0.360 e. The van der Waals surface area contributed by atoms with Crippen LogP contribution in [-0.4, -0.2) is 41.6 Å². The number of nitrogens with zero attached hydrogens (tertiary/aromatic N) is 1. The molecule has 28 heavy (non-hydrogen) atoms. The monoisotopic (exact) mass is 383 g/mol. The molecule has 4 amide bonds. The molecule has 0 aliphatic carbocycles. The number of fused-ring (bicyclic) bond motifs is 5. The molecule has 4 rings (SSSR count). The predicted molar refractivity (Wildman–Crippen MR) is 104 cm³/mol. The lowest BCUT2D eigenvalue weighted by atomic mass is 9.77. The number of anilines is 1. The number of nitrogens with one attached hydrogen (secondary N) is 2. The van der Waals surface area contributed by atoms with Crippen molar-refractivity contribution in [3.8, 4) is 0 Å². The van der Waals surface area contributed by atoms with Crippen LogP contribution >= 0.6 is 0 Å². The maximum absolute atomic E-state index is 13.2. The molecule has 2 saturated heterocycles. The summed E-state index contributed by atoms with van der Waals surface area (Å²) in [6.45, 7) is 7.74. The first kappa shape index (κ1) is 18.7. The number of carbonyl (C=O) groups is 3. The third kappa shape index (κ3) is 2.90. The lowest BCUT2D eigenvalue weighted by Crippen LogP contribution is -2.53. The molecular weight excluding hydrogens is 358 g/mol. The molecule has 0 spiro atoms. The number of benzene rings is 1. The van der Waals surface area contributed by atoms with Gasteiger partial charge in [0, 0.05) is 5.54 Å². The highest BCUT2D eigenvalue weighted by Gasteiger charge is 2.67. The molecule has 0 saturated carbocycles. The van der Waals surface area contributed by atoms with Crippen LogP contribution < -0.4 is 15.5 Å². The van der Waals surface area contributed by atoms with Crippen LogP contribution in [0.5, 0.6) is 0 Å². The first-order chi connectivity index (χ1) is 13.1. The maximum Gasteiger partial charge on any atom is 0.315 e. The third-order valence-corrected chi connectivity index (χ3v) is 5.46. The molecule has 1 aromatic carbocycles. The molecule has 3 aliphatic heterocycles. The van der Waals surface area contributed by atoms with Gasteiger partial charge in [0.2, 0.25) is 11.8 Å². The molecule has 0 unspecified atom stereocenters. The van der Waals surface area contributed by atoms with E-state index in [2.05, 4.69) is 10.6 Å². The van der Waals surface area contributed by atoms with Crippen LogP contribution in [0.3, 0.4) is 0 Å². The van der Waals surface area contributed by atoms with Crippen molar-refractivity contribution in [3.63, 3.8) is 0 Å². The van der Waals surface area contributed by atoms with Gasteiger partial charge in [0.05, 0.1) is 30.2 Å². The number of aryl methyl sites for hydroxylation is 1. The van der Waals surface area contributed by atoms with Crippen molar-refractivity contribution in [3.05, 3.63) is 42.0 Å². The highest BCUT2D eigenvalue weighted by molar-refractivity contribution is 6.23. The number of amides is 4. The highest BCUT2D eigenvalue weighted by atomic mass is 16.5. The van der Waals surface area contributed by atoms with E-state index < -0.39 is 23.5 Å². The van der Waals surface area contributed by atoms with Crippen molar-refractivity contribution in [2.24, 2.45) is 11.8 Å². The van der Waals surface area contributed by atoms with E-state index in [0.717, 1.165) is 5.56 Å². The van der Waals surface area contributed by atoms with Crippen molar-refractivity contribution >= 4 is 23.5 Å².